The van der Waals surface area contributed by atoms with Crippen LogP contribution < -0.4 is 0 Å². The molecule has 66 valence electrons. The average molecular weight is 162 g/mol. The highest BCUT2D eigenvalue weighted by atomic mass is 14.3. The molecule has 2 unspecified atom stereocenters. The molecule has 2 aliphatic rings. The van der Waals surface area contributed by atoms with E-state index in [2.05, 4.69) is 25.2 Å². The molecule has 2 rings (SSSR count). The van der Waals surface area contributed by atoms with Gasteiger partial charge in [-0.25, -0.2) is 0 Å². The molecule has 2 atom stereocenters. The minimum atomic E-state index is 0. The van der Waals surface area contributed by atoms with Crippen LogP contribution in [0.5, 0.6) is 0 Å². The van der Waals surface area contributed by atoms with Gasteiger partial charge in [-0.3, -0.25) is 0 Å². The van der Waals surface area contributed by atoms with Crippen LogP contribution in [0.3, 0.4) is 0 Å². The fraction of sp³-hybridized carbons (Fsp3) is 0.583. The predicted octanol–water partition coefficient (Wildman–Crippen LogP) is 3.64. The minimum absolute atomic E-state index is 0. The standard InChI is InChI=1S/C11H16.CH2/c1-9-6-7-10-4-2-3-5-11(10)8-9;/h2-3,6,10-11H,4-5,7-8H2,1H3;1H2. The van der Waals surface area contributed by atoms with Crippen molar-refractivity contribution in [3.05, 3.63) is 31.2 Å². The van der Waals surface area contributed by atoms with E-state index in [1.807, 2.05) is 0 Å². The summed E-state index contributed by atoms with van der Waals surface area (Å²) in [4.78, 5) is 0. The first kappa shape index (κ1) is 9.57. The molecular formula is C12H18. The van der Waals surface area contributed by atoms with Crippen molar-refractivity contribution in [3.8, 4) is 0 Å². The van der Waals surface area contributed by atoms with Gasteiger partial charge in [0, 0.05) is 0 Å². The molecule has 0 saturated carbocycles. The molecule has 0 aromatic rings. The normalized spacial score (nSPS) is 33.2. The van der Waals surface area contributed by atoms with Gasteiger partial charge < -0.3 is 0 Å². The molecule has 0 heterocycles. The molecule has 2 aliphatic carbocycles. The third-order valence-corrected chi connectivity index (χ3v) is 3.06. The van der Waals surface area contributed by atoms with E-state index in [4.69, 9.17) is 0 Å². The number of hydrogen-bond acceptors (Lipinski definition) is 0. The van der Waals surface area contributed by atoms with Crippen molar-refractivity contribution in [2.75, 3.05) is 0 Å². The molecule has 0 spiro atoms. The summed E-state index contributed by atoms with van der Waals surface area (Å²) in [5, 5.41) is 0. The first-order valence-corrected chi connectivity index (χ1v) is 4.67. The van der Waals surface area contributed by atoms with Crippen LogP contribution in [0.15, 0.2) is 23.8 Å². The summed E-state index contributed by atoms with van der Waals surface area (Å²) in [6.07, 6.45) is 12.5. The first-order chi connectivity index (χ1) is 5.36. The Bertz CT molecular complexity index is 198. The molecule has 0 aliphatic heterocycles. The molecule has 0 fully saturated rings. The Kier molecular flexibility index (Phi) is 3.13. The molecule has 0 heteroatoms. The fourth-order valence-electron chi connectivity index (χ4n) is 2.32. The van der Waals surface area contributed by atoms with E-state index >= 15 is 0 Å². The SMILES string of the molecule is CC1=CCC2CC=CCC2C1.[CH2]. The molecule has 0 aromatic heterocycles. The molecule has 0 amide bonds. The second-order valence-electron chi connectivity index (χ2n) is 3.95. The number of hydrogen-bond donors (Lipinski definition) is 0. The second kappa shape index (κ2) is 3.93. The van der Waals surface area contributed by atoms with E-state index in [-0.39, 0.29) is 7.43 Å². The number of fused-ring (bicyclic) bond motifs is 1. The molecule has 0 N–H and O–H groups in total. The van der Waals surface area contributed by atoms with Gasteiger partial charge in [0.25, 0.3) is 0 Å². The Hall–Kier alpha value is -0.520. The van der Waals surface area contributed by atoms with Gasteiger partial charge in [-0.15, -0.1) is 0 Å². The lowest BCUT2D eigenvalue weighted by Crippen LogP contribution is -2.19. The molecule has 0 nitrogen and oxygen atoms in total. The van der Waals surface area contributed by atoms with Crippen molar-refractivity contribution in [2.45, 2.75) is 32.6 Å². The quantitative estimate of drug-likeness (QED) is 0.477. The van der Waals surface area contributed by atoms with Crippen LogP contribution in [0.1, 0.15) is 32.6 Å². The van der Waals surface area contributed by atoms with Crippen LogP contribution in [-0.4, -0.2) is 0 Å². The summed E-state index contributed by atoms with van der Waals surface area (Å²) in [6.45, 7) is 2.27. The van der Waals surface area contributed by atoms with Crippen molar-refractivity contribution in [3.63, 3.8) is 0 Å². The van der Waals surface area contributed by atoms with E-state index in [1.165, 1.54) is 25.7 Å². The van der Waals surface area contributed by atoms with Crippen LogP contribution in [0, 0.1) is 19.3 Å². The van der Waals surface area contributed by atoms with Gasteiger partial charge in [-0.2, -0.15) is 0 Å². The van der Waals surface area contributed by atoms with Crippen LogP contribution in [-0.2, 0) is 0 Å². The smallest absolute Gasteiger partial charge is 0.0289 e. The Morgan fingerprint density at radius 3 is 2.50 bits per heavy atom. The second-order valence-corrected chi connectivity index (χ2v) is 3.95. The monoisotopic (exact) mass is 162 g/mol. The van der Waals surface area contributed by atoms with E-state index in [0.717, 1.165) is 11.8 Å². The topological polar surface area (TPSA) is 0 Å². The maximum atomic E-state index is 2.43. The molecular weight excluding hydrogens is 144 g/mol. The van der Waals surface area contributed by atoms with Gasteiger partial charge in [0.05, 0.1) is 0 Å². The Morgan fingerprint density at radius 1 is 1.08 bits per heavy atom. The van der Waals surface area contributed by atoms with Crippen molar-refractivity contribution >= 4 is 0 Å². The summed E-state index contributed by atoms with van der Waals surface area (Å²) in [7, 11) is 0. The van der Waals surface area contributed by atoms with Crippen LogP contribution in [0.2, 0.25) is 0 Å². The van der Waals surface area contributed by atoms with E-state index < -0.39 is 0 Å². The molecule has 0 saturated heterocycles. The van der Waals surface area contributed by atoms with E-state index in [0.29, 0.717) is 0 Å². The maximum Gasteiger partial charge on any atom is -0.0289 e. The number of allylic oxidation sites excluding steroid dienone is 4. The maximum absolute atomic E-state index is 2.43. The lowest BCUT2D eigenvalue weighted by molar-refractivity contribution is 0.307. The van der Waals surface area contributed by atoms with Gasteiger partial charge in [-0.1, -0.05) is 31.2 Å². The summed E-state index contributed by atoms with van der Waals surface area (Å²) >= 11 is 0. The van der Waals surface area contributed by atoms with Crippen molar-refractivity contribution in [1.82, 2.24) is 0 Å². The van der Waals surface area contributed by atoms with Crippen molar-refractivity contribution < 1.29 is 0 Å². The van der Waals surface area contributed by atoms with E-state index in [9.17, 15) is 0 Å². The largest absolute Gasteiger partial charge is 0.0882 e. The zero-order valence-corrected chi connectivity index (χ0v) is 7.92. The summed E-state index contributed by atoms with van der Waals surface area (Å²) in [5.41, 5.74) is 1.61. The number of rotatable bonds is 0. The Labute approximate surface area is 76.4 Å². The Balaban J connectivity index is 0.000000720. The molecule has 0 bridgehead atoms. The lowest BCUT2D eigenvalue weighted by atomic mass is 9.74. The summed E-state index contributed by atoms with van der Waals surface area (Å²) < 4.78 is 0. The first-order valence-electron chi connectivity index (χ1n) is 4.67. The predicted molar refractivity (Wildman–Crippen MR) is 53.7 cm³/mol. The third kappa shape index (κ3) is 1.80. The van der Waals surface area contributed by atoms with Gasteiger partial charge >= 0.3 is 0 Å². The highest BCUT2D eigenvalue weighted by molar-refractivity contribution is 5.09. The minimum Gasteiger partial charge on any atom is -0.0882 e. The highest BCUT2D eigenvalue weighted by Gasteiger charge is 2.24. The van der Waals surface area contributed by atoms with Gasteiger partial charge in [-0.05, 0) is 44.4 Å². The zero-order valence-electron chi connectivity index (χ0n) is 7.92. The van der Waals surface area contributed by atoms with Gasteiger partial charge in [0.15, 0.2) is 0 Å². The lowest BCUT2D eigenvalue weighted by Gasteiger charge is -2.31. The van der Waals surface area contributed by atoms with E-state index in [1.54, 1.807) is 5.57 Å². The van der Waals surface area contributed by atoms with Crippen molar-refractivity contribution in [2.24, 2.45) is 11.8 Å². The summed E-state index contributed by atoms with van der Waals surface area (Å²) in [5.74, 6) is 1.95. The summed E-state index contributed by atoms with van der Waals surface area (Å²) in [6, 6.07) is 0. The highest BCUT2D eigenvalue weighted by Crippen LogP contribution is 2.36. The molecule has 2 radical (unpaired) electrons. The molecule has 12 heavy (non-hydrogen) atoms. The Morgan fingerprint density at radius 2 is 1.75 bits per heavy atom. The van der Waals surface area contributed by atoms with Crippen LogP contribution >= 0.6 is 0 Å². The van der Waals surface area contributed by atoms with Crippen LogP contribution in [0.25, 0.3) is 0 Å². The zero-order chi connectivity index (χ0) is 7.68. The van der Waals surface area contributed by atoms with Crippen molar-refractivity contribution in [1.29, 1.82) is 0 Å². The average Bonchev–Trinajstić information content (AvgIpc) is 2.04. The van der Waals surface area contributed by atoms with Crippen LogP contribution in [0.4, 0.5) is 0 Å². The fourth-order valence-corrected chi connectivity index (χ4v) is 2.32. The third-order valence-electron chi connectivity index (χ3n) is 3.06. The van der Waals surface area contributed by atoms with Gasteiger partial charge in [0.1, 0.15) is 0 Å². The molecule has 0 aromatic carbocycles. The van der Waals surface area contributed by atoms with Gasteiger partial charge in [0.2, 0.25) is 0 Å².